The van der Waals surface area contributed by atoms with E-state index in [-0.39, 0.29) is 0 Å². The zero-order valence-corrected chi connectivity index (χ0v) is 15.6. The number of hydrogen-bond donors (Lipinski definition) is 2. The quantitative estimate of drug-likeness (QED) is 0.588. The summed E-state index contributed by atoms with van der Waals surface area (Å²) in [5, 5.41) is 15.2. The number of aryl methyl sites for hydroxylation is 1. The molecule has 2 N–H and O–H groups in total. The zero-order chi connectivity index (χ0) is 18.0. The van der Waals surface area contributed by atoms with Gasteiger partial charge < -0.3 is 15.2 Å². The second kappa shape index (κ2) is 9.89. The molecule has 0 spiro atoms. The van der Waals surface area contributed by atoms with Gasteiger partial charge in [-0.3, -0.25) is 4.98 Å². The molecule has 2 aromatic rings. The van der Waals surface area contributed by atoms with Gasteiger partial charge >= 0.3 is 0 Å². The Bertz CT molecular complexity index is 674. The summed E-state index contributed by atoms with van der Waals surface area (Å²) in [5.74, 6) is 1.88. The highest BCUT2D eigenvalue weighted by Crippen LogP contribution is 2.17. The Morgan fingerprint density at radius 1 is 1.27 bits per heavy atom. The van der Waals surface area contributed by atoms with Crippen molar-refractivity contribution in [3.63, 3.8) is 0 Å². The Hall–Kier alpha value is -2.44. The molecule has 7 nitrogen and oxygen atoms in total. The lowest BCUT2D eigenvalue weighted by molar-refractivity contribution is 0.409. The zero-order valence-electron chi connectivity index (χ0n) is 15.6. The molecule has 1 aliphatic carbocycles. The van der Waals surface area contributed by atoms with Crippen LogP contribution in [0.5, 0.6) is 0 Å². The van der Waals surface area contributed by atoms with Crippen LogP contribution in [0.15, 0.2) is 35.7 Å². The van der Waals surface area contributed by atoms with Crippen molar-refractivity contribution in [3.8, 4) is 0 Å². The molecule has 0 unspecified atom stereocenters. The summed E-state index contributed by atoms with van der Waals surface area (Å²) in [7, 11) is 0. The van der Waals surface area contributed by atoms with Crippen molar-refractivity contribution in [2.24, 2.45) is 4.99 Å². The summed E-state index contributed by atoms with van der Waals surface area (Å²) in [6, 6.07) is 6.45. The summed E-state index contributed by atoms with van der Waals surface area (Å²) >= 11 is 0. The lowest BCUT2D eigenvalue weighted by Gasteiger charge is -2.25. The molecule has 0 atom stereocenters. The van der Waals surface area contributed by atoms with E-state index in [1.165, 1.54) is 32.1 Å². The van der Waals surface area contributed by atoms with Crippen LogP contribution in [0.3, 0.4) is 0 Å². The minimum Gasteiger partial charge on any atom is -0.355 e. The standard InChI is InChI=1S/C19H29N7/c1-2-18-25-23-15-26(18)13-12-21-19(24-16-8-4-3-5-9-16)22-14-17-10-6-7-11-20-17/h6-7,10-11,15-16H,2-5,8-9,12-14H2,1H3,(H2,21,22,24). The van der Waals surface area contributed by atoms with E-state index >= 15 is 0 Å². The van der Waals surface area contributed by atoms with Crippen molar-refractivity contribution < 1.29 is 0 Å². The van der Waals surface area contributed by atoms with Crippen molar-refractivity contribution in [1.29, 1.82) is 0 Å². The van der Waals surface area contributed by atoms with Gasteiger partial charge in [-0.2, -0.15) is 0 Å². The first kappa shape index (κ1) is 18.4. The van der Waals surface area contributed by atoms with Crippen LogP contribution >= 0.6 is 0 Å². The number of nitrogens with zero attached hydrogens (tertiary/aromatic N) is 5. The Kier molecular flexibility index (Phi) is 6.98. The van der Waals surface area contributed by atoms with Gasteiger partial charge in [-0.05, 0) is 25.0 Å². The highest BCUT2D eigenvalue weighted by atomic mass is 15.3. The molecular formula is C19H29N7. The molecule has 0 aliphatic heterocycles. The molecule has 0 bridgehead atoms. The first-order chi connectivity index (χ1) is 12.8. The monoisotopic (exact) mass is 355 g/mol. The van der Waals surface area contributed by atoms with Crippen LogP contribution in [0, 0.1) is 0 Å². The molecule has 2 aromatic heterocycles. The first-order valence-corrected chi connectivity index (χ1v) is 9.66. The third-order valence-corrected chi connectivity index (χ3v) is 4.73. The molecule has 0 aromatic carbocycles. The second-order valence-corrected chi connectivity index (χ2v) is 6.69. The van der Waals surface area contributed by atoms with E-state index in [0.29, 0.717) is 12.6 Å². The fourth-order valence-electron chi connectivity index (χ4n) is 3.28. The van der Waals surface area contributed by atoms with Crippen molar-refractivity contribution >= 4 is 5.96 Å². The Morgan fingerprint density at radius 2 is 2.15 bits per heavy atom. The van der Waals surface area contributed by atoms with Gasteiger partial charge in [-0.15, -0.1) is 10.2 Å². The predicted octanol–water partition coefficient (Wildman–Crippen LogP) is 2.30. The number of aromatic nitrogens is 4. The smallest absolute Gasteiger partial charge is 0.191 e. The minimum absolute atomic E-state index is 0.514. The highest BCUT2D eigenvalue weighted by molar-refractivity contribution is 5.80. The van der Waals surface area contributed by atoms with Crippen LogP contribution in [0.1, 0.15) is 50.5 Å². The summed E-state index contributed by atoms with van der Waals surface area (Å²) in [4.78, 5) is 9.10. The van der Waals surface area contributed by atoms with Gasteiger partial charge in [0.15, 0.2) is 5.96 Å². The number of pyridine rings is 1. The Balaban J connectivity index is 1.58. The summed E-state index contributed by atoms with van der Waals surface area (Å²) in [5.41, 5.74) is 0.976. The van der Waals surface area contributed by atoms with Gasteiger partial charge in [-0.25, -0.2) is 4.99 Å². The summed E-state index contributed by atoms with van der Waals surface area (Å²) in [6.45, 7) is 4.28. The lowest BCUT2D eigenvalue weighted by atomic mass is 9.96. The molecule has 1 aliphatic rings. The first-order valence-electron chi connectivity index (χ1n) is 9.66. The van der Waals surface area contributed by atoms with Crippen LogP contribution in [0.25, 0.3) is 0 Å². The lowest BCUT2D eigenvalue weighted by Crippen LogP contribution is -2.45. The normalized spacial score (nSPS) is 15.8. The van der Waals surface area contributed by atoms with Gasteiger partial charge in [0.1, 0.15) is 12.2 Å². The molecule has 140 valence electrons. The predicted molar refractivity (Wildman–Crippen MR) is 103 cm³/mol. The maximum absolute atomic E-state index is 4.74. The fraction of sp³-hybridized carbons (Fsp3) is 0.579. The number of guanidine groups is 1. The van der Waals surface area contributed by atoms with Crippen LogP contribution in [0.4, 0.5) is 0 Å². The molecule has 2 heterocycles. The number of rotatable bonds is 7. The maximum Gasteiger partial charge on any atom is 0.191 e. The topological polar surface area (TPSA) is 80.0 Å². The van der Waals surface area contributed by atoms with E-state index in [1.54, 1.807) is 6.33 Å². The number of hydrogen-bond acceptors (Lipinski definition) is 4. The van der Waals surface area contributed by atoms with Gasteiger partial charge in [0.2, 0.25) is 0 Å². The minimum atomic E-state index is 0.514. The largest absolute Gasteiger partial charge is 0.355 e. The van der Waals surface area contributed by atoms with Gasteiger partial charge in [0.25, 0.3) is 0 Å². The average Bonchev–Trinajstić information content (AvgIpc) is 3.15. The molecule has 26 heavy (non-hydrogen) atoms. The Morgan fingerprint density at radius 3 is 2.92 bits per heavy atom. The maximum atomic E-state index is 4.74. The third-order valence-electron chi connectivity index (χ3n) is 4.73. The van der Waals surface area contributed by atoms with E-state index in [2.05, 4.69) is 37.3 Å². The fourth-order valence-corrected chi connectivity index (χ4v) is 3.28. The van der Waals surface area contributed by atoms with E-state index < -0.39 is 0 Å². The summed E-state index contributed by atoms with van der Waals surface area (Å²) < 4.78 is 2.09. The molecular weight excluding hydrogens is 326 g/mol. The molecule has 3 rings (SSSR count). The van der Waals surface area contributed by atoms with E-state index in [4.69, 9.17) is 4.99 Å². The van der Waals surface area contributed by atoms with Crippen LogP contribution in [0.2, 0.25) is 0 Å². The van der Waals surface area contributed by atoms with Crippen LogP contribution in [-0.2, 0) is 19.5 Å². The van der Waals surface area contributed by atoms with E-state index in [0.717, 1.165) is 37.0 Å². The van der Waals surface area contributed by atoms with Crippen molar-refractivity contribution in [2.45, 2.75) is 64.6 Å². The SMILES string of the molecule is CCc1nncn1CCNC(=NCc1ccccn1)NC1CCCCC1. The second-order valence-electron chi connectivity index (χ2n) is 6.69. The summed E-state index contributed by atoms with van der Waals surface area (Å²) in [6.07, 6.45) is 10.9. The van der Waals surface area contributed by atoms with Gasteiger partial charge in [0, 0.05) is 31.7 Å². The average molecular weight is 355 g/mol. The molecule has 1 saturated carbocycles. The number of aliphatic imine (C=N–C) groups is 1. The molecule has 0 saturated heterocycles. The molecule has 0 radical (unpaired) electrons. The van der Waals surface area contributed by atoms with E-state index in [1.807, 2.05) is 24.4 Å². The van der Waals surface area contributed by atoms with Crippen molar-refractivity contribution in [3.05, 3.63) is 42.2 Å². The third kappa shape index (κ3) is 5.54. The molecule has 1 fully saturated rings. The van der Waals surface area contributed by atoms with Gasteiger partial charge in [0.05, 0.1) is 12.2 Å². The van der Waals surface area contributed by atoms with Crippen LogP contribution in [-0.4, -0.2) is 38.3 Å². The van der Waals surface area contributed by atoms with Crippen molar-refractivity contribution in [2.75, 3.05) is 6.54 Å². The molecule has 0 amide bonds. The van der Waals surface area contributed by atoms with Crippen molar-refractivity contribution in [1.82, 2.24) is 30.4 Å². The molecule has 7 heteroatoms. The van der Waals surface area contributed by atoms with E-state index in [9.17, 15) is 0 Å². The number of nitrogens with one attached hydrogen (secondary N) is 2. The van der Waals surface area contributed by atoms with Gasteiger partial charge in [-0.1, -0.05) is 32.3 Å². The highest BCUT2D eigenvalue weighted by Gasteiger charge is 2.14. The Labute approximate surface area is 155 Å². The van der Waals surface area contributed by atoms with Crippen LogP contribution < -0.4 is 10.6 Å².